The van der Waals surface area contributed by atoms with Gasteiger partial charge in [-0.15, -0.1) is 0 Å². The lowest BCUT2D eigenvalue weighted by molar-refractivity contribution is -0.170. The van der Waals surface area contributed by atoms with Gasteiger partial charge in [0.2, 0.25) is 0 Å². The molecule has 0 fully saturated rings. The molecule has 0 heterocycles. The number of hydrogen-bond donors (Lipinski definition) is 1. The Labute approximate surface area is 305 Å². The van der Waals surface area contributed by atoms with E-state index in [1.165, 1.54) is 32.1 Å². The van der Waals surface area contributed by atoms with Crippen LogP contribution in [0, 0.1) is 5.92 Å². The first kappa shape index (κ1) is 47.8. The topological polar surface area (TPSA) is 118 Å². The van der Waals surface area contributed by atoms with E-state index in [1.54, 1.807) is 0 Å². The van der Waals surface area contributed by atoms with Crippen molar-refractivity contribution in [1.82, 2.24) is 0 Å². The molecule has 0 radical (unpaired) electrons. The quantitative estimate of drug-likeness (QED) is 0.0223. The van der Waals surface area contributed by atoms with Crippen LogP contribution in [0.1, 0.15) is 169 Å². The van der Waals surface area contributed by atoms with Crippen LogP contribution in [-0.4, -0.2) is 68.4 Å². The largest absolute Gasteiger partial charge is 0.466 e. The van der Waals surface area contributed by atoms with E-state index in [-0.39, 0.29) is 25.4 Å². The van der Waals surface area contributed by atoms with Crippen LogP contribution < -0.4 is 0 Å². The smallest absolute Gasteiger partial charge is 0.315 e. The van der Waals surface area contributed by atoms with E-state index < -0.39 is 36.9 Å². The van der Waals surface area contributed by atoms with Crippen LogP contribution in [0.2, 0.25) is 0 Å². The zero-order valence-electron chi connectivity index (χ0n) is 32.3. The summed E-state index contributed by atoms with van der Waals surface area (Å²) >= 11 is 0. The van der Waals surface area contributed by atoms with E-state index in [4.69, 9.17) is 23.7 Å². The Balaban J connectivity index is 4.99. The van der Waals surface area contributed by atoms with Crippen LogP contribution in [0.4, 0.5) is 0 Å². The van der Waals surface area contributed by atoms with Crippen LogP contribution in [0.3, 0.4) is 0 Å². The van der Waals surface area contributed by atoms with Crippen molar-refractivity contribution in [2.45, 2.75) is 181 Å². The van der Waals surface area contributed by atoms with E-state index in [2.05, 4.69) is 45.1 Å². The van der Waals surface area contributed by atoms with Crippen molar-refractivity contribution >= 4 is 17.9 Å². The fourth-order valence-electron chi connectivity index (χ4n) is 5.33. The molecular formula is C41H74O9. The first-order chi connectivity index (χ1) is 24.4. The zero-order chi connectivity index (χ0) is 36.9. The lowest BCUT2D eigenvalue weighted by Crippen LogP contribution is -2.36. The molecular weight excluding hydrogens is 636 g/mol. The fourth-order valence-corrected chi connectivity index (χ4v) is 5.33. The molecule has 0 rings (SSSR count). The molecule has 292 valence electrons. The number of aliphatic hydroxyl groups excluding tert-OH is 1. The first-order valence-electron chi connectivity index (χ1n) is 20.1. The maximum absolute atomic E-state index is 13.1. The zero-order valence-corrected chi connectivity index (χ0v) is 32.3. The lowest BCUT2D eigenvalue weighted by atomic mass is 9.97. The predicted molar refractivity (Wildman–Crippen MR) is 201 cm³/mol. The van der Waals surface area contributed by atoms with Gasteiger partial charge in [0, 0.05) is 26.1 Å². The highest BCUT2D eigenvalue weighted by Crippen LogP contribution is 2.20. The number of allylic oxidation sites excluding steroid dienone is 4. The third kappa shape index (κ3) is 29.5. The summed E-state index contributed by atoms with van der Waals surface area (Å²) in [5.74, 6) is -2.32. The minimum absolute atomic E-state index is 0.0483. The predicted octanol–water partition coefficient (Wildman–Crippen LogP) is 9.73. The third-order valence-corrected chi connectivity index (χ3v) is 8.34. The minimum Gasteiger partial charge on any atom is -0.466 e. The number of unbranched alkanes of at least 4 members (excludes halogenated alkanes) is 11. The van der Waals surface area contributed by atoms with Gasteiger partial charge in [0.25, 0.3) is 0 Å². The highest BCUT2D eigenvalue weighted by atomic mass is 16.7. The molecule has 0 saturated heterocycles. The van der Waals surface area contributed by atoms with Gasteiger partial charge in [0.1, 0.15) is 12.0 Å². The number of esters is 3. The SMILES string of the molecule is CC/C=C\CCCCOC(CCC(=O)OC(CCCCC(=O)OCCCCCCCCC)C(CO)C(=O)OCCC)OCCCC/C=C\CC. The maximum atomic E-state index is 13.1. The summed E-state index contributed by atoms with van der Waals surface area (Å²) in [4.78, 5) is 38.1. The molecule has 0 saturated carbocycles. The van der Waals surface area contributed by atoms with E-state index in [0.29, 0.717) is 51.9 Å². The Morgan fingerprint density at radius 2 is 1.16 bits per heavy atom. The number of carbonyl (C=O) groups excluding carboxylic acids is 3. The van der Waals surface area contributed by atoms with Gasteiger partial charge in [-0.25, -0.2) is 0 Å². The Morgan fingerprint density at radius 3 is 1.74 bits per heavy atom. The molecule has 0 aliphatic rings. The summed E-state index contributed by atoms with van der Waals surface area (Å²) < 4.78 is 28.6. The van der Waals surface area contributed by atoms with Gasteiger partial charge < -0.3 is 28.8 Å². The van der Waals surface area contributed by atoms with Crippen LogP contribution >= 0.6 is 0 Å². The molecule has 0 spiro atoms. The maximum Gasteiger partial charge on any atom is 0.315 e. The minimum atomic E-state index is -0.999. The first-order valence-corrected chi connectivity index (χ1v) is 20.1. The molecule has 0 aliphatic heterocycles. The summed E-state index contributed by atoms with van der Waals surface area (Å²) in [6.45, 7) is 9.56. The Bertz CT molecular complexity index is 833. The van der Waals surface area contributed by atoms with Crippen LogP contribution in [0.5, 0.6) is 0 Å². The van der Waals surface area contributed by atoms with Crippen LogP contribution in [0.25, 0.3) is 0 Å². The molecule has 0 bridgehead atoms. The van der Waals surface area contributed by atoms with Gasteiger partial charge in [-0.2, -0.15) is 0 Å². The molecule has 9 heteroatoms. The number of aliphatic hydroxyl groups is 1. The molecule has 0 aromatic carbocycles. The molecule has 50 heavy (non-hydrogen) atoms. The molecule has 9 nitrogen and oxygen atoms in total. The van der Waals surface area contributed by atoms with Gasteiger partial charge in [0.05, 0.1) is 26.2 Å². The van der Waals surface area contributed by atoms with E-state index in [9.17, 15) is 19.5 Å². The normalized spacial score (nSPS) is 12.9. The van der Waals surface area contributed by atoms with Gasteiger partial charge in [-0.1, -0.05) is 90.5 Å². The standard InChI is InChI=1S/C41H74O9/c1-5-9-12-15-18-21-24-32-46-38(43)28-23-22-27-37(36(35-42)41(45)49-31-8-4)50-39(44)29-30-40(47-33-25-19-16-13-10-6-2)48-34-26-20-17-14-11-7-3/h10-11,13-14,36-37,40,42H,5-9,12,15-35H2,1-4H3/b13-10-,14-11-. The molecule has 0 aromatic heterocycles. The Morgan fingerprint density at radius 1 is 0.560 bits per heavy atom. The number of hydrogen-bond acceptors (Lipinski definition) is 9. The monoisotopic (exact) mass is 711 g/mol. The average Bonchev–Trinajstić information content (AvgIpc) is 3.11. The van der Waals surface area contributed by atoms with Crippen molar-refractivity contribution in [3.63, 3.8) is 0 Å². The Hall–Kier alpha value is -2.23. The highest BCUT2D eigenvalue weighted by molar-refractivity contribution is 5.75. The van der Waals surface area contributed by atoms with E-state index in [0.717, 1.165) is 64.2 Å². The average molecular weight is 711 g/mol. The summed E-state index contributed by atoms with van der Waals surface area (Å²) in [6, 6.07) is 0. The lowest BCUT2D eigenvalue weighted by Gasteiger charge is -2.25. The van der Waals surface area contributed by atoms with E-state index in [1.807, 2.05) is 6.92 Å². The Kier molecular flexibility index (Phi) is 34.9. The summed E-state index contributed by atoms with van der Waals surface area (Å²) in [6.07, 6.45) is 25.9. The van der Waals surface area contributed by atoms with Crippen LogP contribution in [0.15, 0.2) is 24.3 Å². The third-order valence-electron chi connectivity index (χ3n) is 8.34. The molecule has 2 unspecified atom stereocenters. The van der Waals surface area contributed by atoms with Gasteiger partial charge in [0.15, 0.2) is 6.29 Å². The van der Waals surface area contributed by atoms with Gasteiger partial charge >= 0.3 is 17.9 Å². The fraction of sp³-hybridized carbons (Fsp3) is 0.829. The van der Waals surface area contributed by atoms with E-state index >= 15 is 0 Å². The summed E-state index contributed by atoms with van der Waals surface area (Å²) in [5, 5.41) is 10.1. The van der Waals surface area contributed by atoms with Crippen molar-refractivity contribution in [1.29, 1.82) is 0 Å². The van der Waals surface area contributed by atoms with Crippen molar-refractivity contribution in [2.24, 2.45) is 5.92 Å². The molecule has 0 aliphatic carbocycles. The number of rotatable bonds is 36. The van der Waals surface area contributed by atoms with Gasteiger partial charge in [-0.3, -0.25) is 14.4 Å². The van der Waals surface area contributed by atoms with Crippen molar-refractivity contribution in [3.8, 4) is 0 Å². The highest BCUT2D eigenvalue weighted by Gasteiger charge is 2.32. The van der Waals surface area contributed by atoms with Crippen LogP contribution in [-0.2, 0) is 38.1 Å². The molecule has 0 aromatic rings. The second-order valence-electron chi connectivity index (χ2n) is 13.0. The van der Waals surface area contributed by atoms with Crippen molar-refractivity contribution in [2.75, 3.05) is 33.0 Å². The number of carbonyl (C=O) groups is 3. The molecule has 2 atom stereocenters. The van der Waals surface area contributed by atoms with Crippen molar-refractivity contribution < 1.29 is 43.2 Å². The van der Waals surface area contributed by atoms with Gasteiger partial charge in [-0.05, 0) is 83.5 Å². The molecule has 1 N–H and O–H groups in total. The molecule has 0 amide bonds. The van der Waals surface area contributed by atoms with Crippen molar-refractivity contribution in [3.05, 3.63) is 24.3 Å². The summed E-state index contributed by atoms with van der Waals surface area (Å²) in [5.41, 5.74) is 0. The second kappa shape index (κ2) is 36.6. The number of ether oxygens (including phenoxy) is 5. The summed E-state index contributed by atoms with van der Waals surface area (Å²) in [7, 11) is 0. The second-order valence-corrected chi connectivity index (χ2v) is 13.0.